The number of rotatable bonds is 5. The van der Waals surface area contributed by atoms with Crippen molar-refractivity contribution in [2.24, 2.45) is 5.92 Å². The first-order valence-corrected chi connectivity index (χ1v) is 11.1. The highest BCUT2D eigenvalue weighted by Gasteiger charge is 2.32. The molecule has 4 N–H and O–H groups in total. The fourth-order valence-corrected chi connectivity index (χ4v) is 5.15. The smallest absolute Gasteiger partial charge is 0.336 e. The molecule has 0 aromatic heterocycles. The van der Waals surface area contributed by atoms with Crippen molar-refractivity contribution in [1.82, 2.24) is 0 Å². The van der Waals surface area contributed by atoms with Crippen LogP contribution >= 0.6 is 22.2 Å². The van der Waals surface area contributed by atoms with Gasteiger partial charge >= 0.3 is 5.97 Å². The van der Waals surface area contributed by atoms with Crippen LogP contribution < -0.4 is 0 Å². The maximum atomic E-state index is 14.8. The van der Waals surface area contributed by atoms with Gasteiger partial charge in [0.25, 0.3) is 0 Å². The molecule has 1 heterocycles. The molecule has 0 saturated carbocycles. The normalized spacial score (nSPS) is 18.8. The van der Waals surface area contributed by atoms with E-state index >= 15 is 0 Å². The van der Waals surface area contributed by atoms with Crippen LogP contribution in [0.3, 0.4) is 0 Å². The van der Waals surface area contributed by atoms with Gasteiger partial charge in [0.2, 0.25) is 0 Å². The Morgan fingerprint density at radius 2 is 1.69 bits per heavy atom. The Balaban J connectivity index is 1.95. The van der Waals surface area contributed by atoms with Crippen LogP contribution in [0.15, 0.2) is 36.4 Å². The predicted molar refractivity (Wildman–Crippen MR) is 109 cm³/mol. The fraction of sp³-hybridized carbons (Fsp3) is 0.300. The van der Waals surface area contributed by atoms with Crippen LogP contribution in [0, 0.1) is 11.7 Å². The van der Waals surface area contributed by atoms with Crippen molar-refractivity contribution in [2.45, 2.75) is 18.9 Å². The second kappa shape index (κ2) is 8.41. The quantitative estimate of drug-likeness (QED) is 0.503. The van der Waals surface area contributed by atoms with E-state index < -0.39 is 45.4 Å². The van der Waals surface area contributed by atoms with Gasteiger partial charge in [0.15, 0.2) is 5.78 Å². The van der Waals surface area contributed by atoms with Gasteiger partial charge in [0.05, 0.1) is 17.2 Å². The number of carboxylic acids is 1. The van der Waals surface area contributed by atoms with Gasteiger partial charge in [0.1, 0.15) is 5.82 Å². The molecule has 1 saturated heterocycles. The highest BCUT2D eigenvalue weighted by Crippen LogP contribution is 2.48. The standard InChI is InChI=1S/C20H20ClFO6S/c21-14-3-1-11(2-4-14)19(24)17-15(20(25)26)9-13(10-16(17)22)18(23)12-5-7-29(27,28)8-6-12/h1-4,9-10,12,18,23,27-28H,5-8H2,(H,25,26). The van der Waals surface area contributed by atoms with Gasteiger partial charge in [-0.2, -0.15) is 10.6 Å². The average Bonchev–Trinajstić information content (AvgIpc) is 2.66. The Hall–Kier alpha value is -1.97. The maximum absolute atomic E-state index is 14.8. The minimum Gasteiger partial charge on any atom is -0.478 e. The summed E-state index contributed by atoms with van der Waals surface area (Å²) in [6, 6.07) is 7.70. The first-order chi connectivity index (χ1) is 13.6. The maximum Gasteiger partial charge on any atom is 0.336 e. The zero-order valence-electron chi connectivity index (χ0n) is 15.2. The molecule has 1 unspecified atom stereocenters. The summed E-state index contributed by atoms with van der Waals surface area (Å²) in [6.07, 6.45) is -0.546. The van der Waals surface area contributed by atoms with Gasteiger partial charge in [0, 0.05) is 22.1 Å². The number of hydrogen-bond acceptors (Lipinski definition) is 5. The first kappa shape index (κ1) is 21.7. The summed E-state index contributed by atoms with van der Waals surface area (Å²) in [5.41, 5.74) is -1.01. The molecule has 156 valence electrons. The molecule has 2 aromatic carbocycles. The minimum absolute atomic E-state index is 0.0379. The van der Waals surface area contributed by atoms with Crippen molar-refractivity contribution in [3.63, 3.8) is 0 Å². The molecular formula is C20H20ClFO6S. The number of ketones is 1. The Kier molecular flexibility index (Phi) is 6.30. The summed E-state index contributed by atoms with van der Waals surface area (Å²) in [6.45, 7) is 0. The van der Waals surface area contributed by atoms with Gasteiger partial charge in [-0.15, -0.1) is 0 Å². The SMILES string of the molecule is O=C(O)c1cc(C(O)C2CCS(O)(O)CC2)cc(F)c1C(=O)c1ccc(Cl)cc1. The summed E-state index contributed by atoms with van der Waals surface area (Å²) in [5, 5.41) is 20.5. The molecule has 29 heavy (non-hydrogen) atoms. The average molecular weight is 443 g/mol. The number of aliphatic hydroxyl groups excluding tert-OH is 1. The number of halogens is 2. The lowest BCUT2D eigenvalue weighted by Crippen LogP contribution is -2.25. The summed E-state index contributed by atoms with van der Waals surface area (Å²) >= 11 is 5.79. The van der Waals surface area contributed by atoms with E-state index in [4.69, 9.17) is 11.6 Å². The van der Waals surface area contributed by atoms with Crippen molar-refractivity contribution in [2.75, 3.05) is 11.5 Å². The second-order valence-electron chi connectivity index (χ2n) is 7.06. The monoisotopic (exact) mass is 442 g/mol. The molecule has 0 spiro atoms. The molecule has 1 aliphatic rings. The van der Waals surface area contributed by atoms with E-state index in [1.807, 2.05) is 0 Å². The third-order valence-corrected chi connectivity index (χ3v) is 7.13. The van der Waals surface area contributed by atoms with Crippen molar-refractivity contribution in [1.29, 1.82) is 0 Å². The van der Waals surface area contributed by atoms with Crippen LogP contribution in [0.2, 0.25) is 5.02 Å². The van der Waals surface area contributed by atoms with Crippen LogP contribution in [0.4, 0.5) is 4.39 Å². The fourth-order valence-electron chi connectivity index (χ4n) is 3.46. The van der Waals surface area contributed by atoms with Crippen molar-refractivity contribution < 1.29 is 33.3 Å². The molecule has 6 nitrogen and oxygen atoms in total. The Morgan fingerprint density at radius 1 is 1.10 bits per heavy atom. The number of hydrogen-bond donors (Lipinski definition) is 4. The molecule has 1 aliphatic heterocycles. The first-order valence-electron chi connectivity index (χ1n) is 8.88. The highest BCUT2D eigenvalue weighted by molar-refractivity contribution is 8.24. The van der Waals surface area contributed by atoms with Gasteiger partial charge in [-0.1, -0.05) is 11.6 Å². The molecule has 0 radical (unpaired) electrons. The van der Waals surface area contributed by atoms with Crippen LogP contribution in [0.25, 0.3) is 0 Å². The van der Waals surface area contributed by atoms with E-state index in [2.05, 4.69) is 0 Å². The number of aliphatic hydroxyl groups is 1. The number of aromatic carboxylic acids is 1. The number of carbonyl (C=O) groups is 2. The summed E-state index contributed by atoms with van der Waals surface area (Å²) in [5.74, 6) is -3.43. The van der Waals surface area contributed by atoms with Gasteiger partial charge in [-0.3, -0.25) is 13.9 Å². The predicted octanol–water partition coefficient (Wildman–Crippen LogP) is 4.60. The molecule has 9 heteroatoms. The molecule has 0 amide bonds. The summed E-state index contributed by atoms with van der Waals surface area (Å²) in [4.78, 5) is 24.4. The number of carbonyl (C=O) groups excluding carboxylic acids is 1. The highest BCUT2D eigenvalue weighted by atomic mass is 35.5. The Bertz CT molecular complexity index is 937. The lowest BCUT2D eigenvalue weighted by Gasteiger charge is -2.40. The zero-order chi connectivity index (χ0) is 21.3. The van der Waals surface area contributed by atoms with E-state index in [-0.39, 0.29) is 28.6 Å². The van der Waals surface area contributed by atoms with Gasteiger partial charge in [-0.25, -0.2) is 9.18 Å². The van der Waals surface area contributed by atoms with Crippen molar-refractivity contribution in [3.8, 4) is 0 Å². The molecule has 0 aliphatic carbocycles. The van der Waals surface area contributed by atoms with Crippen LogP contribution in [-0.4, -0.2) is 42.6 Å². The molecule has 1 atom stereocenters. The molecular weight excluding hydrogens is 423 g/mol. The number of benzene rings is 2. The van der Waals surface area contributed by atoms with Crippen LogP contribution in [0.5, 0.6) is 0 Å². The van der Waals surface area contributed by atoms with Gasteiger partial charge < -0.3 is 10.2 Å². The third-order valence-electron chi connectivity index (χ3n) is 5.10. The van der Waals surface area contributed by atoms with Crippen molar-refractivity contribution in [3.05, 3.63) is 69.5 Å². The van der Waals surface area contributed by atoms with Gasteiger partial charge in [-0.05, 0) is 60.7 Å². The van der Waals surface area contributed by atoms with Crippen LogP contribution in [-0.2, 0) is 0 Å². The second-order valence-corrected chi connectivity index (χ2v) is 9.92. The summed E-state index contributed by atoms with van der Waals surface area (Å²) in [7, 11) is -2.65. The minimum atomic E-state index is -2.65. The largest absolute Gasteiger partial charge is 0.478 e. The van der Waals surface area contributed by atoms with Crippen molar-refractivity contribution >= 4 is 33.9 Å². The summed E-state index contributed by atoms with van der Waals surface area (Å²) < 4.78 is 34.2. The molecule has 1 fully saturated rings. The topological polar surface area (TPSA) is 115 Å². The lowest BCUT2D eigenvalue weighted by molar-refractivity contribution is 0.0690. The zero-order valence-corrected chi connectivity index (χ0v) is 16.8. The van der Waals surface area contributed by atoms with E-state index in [0.717, 1.165) is 12.1 Å². The molecule has 0 bridgehead atoms. The van der Waals surface area contributed by atoms with Crippen LogP contribution in [0.1, 0.15) is 50.8 Å². The molecule has 3 rings (SSSR count). The third kappa shape index (κ3) is 4.79. The Labute approximate surface area is 173 Å². The van der Waals surface area contributed by atoms with E-state index in [1.165, 1.54) is 24.3 Å². The van der Waals surface area contributed by atoms with E-state index in [0.29, 0.717) is 17.9 Å². The van der Waals surface area contributed by atoms with E-state index in [9.17, 15) is 33.3 Å². The Morgan fingerprint density at radius 3 is 2.24 bits per heavy atom. The lowest BCUT2D eigenvalue weighted by atomic mass is 9.88. The van der Waals surface area contributed by atoms with E-state index in [1.54, 1.807) is 0 Å². The molecule has 2 aromatic rings. The number of carboxylic acid groups (broad SMARTS) is 1.